The largest absolute Gasteiger partial charge is 0.481 e. The average Bonchev–Trinajstić information content (AvgIpc) is 3.19. The lowest BCUT2D eigenvalue weighted by molar-refractivity contribution is -0.227. The van der Waals surface area contributed by atoms with Crippen molar-refractivity contribution in [3.63, 3.8) is 0 Å². The monoisotopic (exact) mass is 384 g/mol. The number of halogens is 3. The molecule has 0 saturated carbocycles. The zero-order chi connectivity index (χ0) is 19.1. The number of amides is 1. The van der Waals surface area contributed by atoms with E-state index in [1.807, 2.05) is 0 Å². The van der Waals surface area contributed by atoms with Gasteiger partial charge in [-0.25, -0.2) is 4.98 Å². The number of hydrogen-bond acceptors (Lipinski definition) is 4. The number of carboxylic acids is 1. The minimum absolute atomic E-state index is 0.220. The molecular formula is C17H15F3N2O3S. The summed E-state index contributed by atoms with van der Waals surface area (Å²) in [5.74, 6) is -2.58. The van der Waals surface area contributed by atoms with Gasteiger partial charge in [0.25, 0.3) is 5.91 Å². The molecule has 26 heavy (non-hydrogen) atoms. The summed E-state index contributed by atoms with van der Waals surface area (Å²) in [5, 5.41) is 9.74. The highest BCUT2D eigenvalue weighted by Crippen LogP contribution is 2.46. The van der Waals surface area contributed by atoms with Crippen LogP contribution in [0.25, 0.3) is 11.3 Å². The van der Waals surface area contributed by atoms with E-state index in [1.165, 1.54) is 0 Å². The maximum atomic E-state index is 13.3. The molecule has 1 amide bonds. The second kappa shape index (κ2) is 6.39. The minimum Gasteiger partial charge on any atom is -0.481 e. The van der Waals surface area contributed by atoms with Gasteiger partial charge in [-0.1, -0.05) is 30.3 Å². The van der Waals surface area contributed by atoms with Gasteiger partial charge in [-0.2, -0.15) is 13.2 Å². The van der Waals surface area contributed by atoms with Gasteiger partial charge in [-0.05, 0) is 13.3 Å². The van der Waals surface area contributed by atoms with E-state index in [-0.39, 0.29) is 11.4 Å². The van der Waals surface area contributed by atoms with Crippen LogP contribution in [0.3, 0.4) is 0 Å². The van der Waals surface area contributed by atoms with Gasteiger partial charge < -0.3 is 10.0 Å². The second-order valence-corrected chi connectivity index (χ2v) is 7.34. The molecule has 5 nitrogen and oxygen atoms in total. The van der Waals surface area contributed by atoms with Crippen LogP contribution >= 0.6 is 11.3 Å². The van der Waals surface area contributed by atoms with Crippen molar-refractivity contribution in [2.75, 3.05) is 13.1 Å². The van der Waals surface area contributed by atoms with E-state index < -0.39 is 36.4 Å². The SMILES string of the molecule is Cc1nc(-c2ccccc2)c(C(=O)N2CCC(C(=O)O)(C(F)(F)F)C2)s1. The number of rotatable bonds is 3. The molecule has 2 aromatic rings. The van der Waals surface area contributed by atoms with Crippen molar-refractivity contribution >= 4 is 23.2 Å². The van der Waals surface area contributed by atoms with Crippen LogP contribution in [-0.2, 0) is 4.79 Å². The molecule has 138 valence electrons. The van der Waals surface area contributed by atoms with Crippen LogP contribution in [0.1, 0.15) is 21.1 Å². The Morgan fingerprint density at radius 1 is 1.27 bits per heavy atom. The number of aromatic nitrogens is 1. The number of alkyl halides is 3. The van der Waals surface area contributed by atoms with E-state index in [0.29, 0.717) is 16.3 Å². The highest BCUT2D eigenvalue weighted by atomic mass is 32.1. The van der Waals surface area contributed by atoms with Gasteiger partial charge in [0.1, 0.15) is 4.88 Å². The highest BCUT2D eigenvalue weighted by Gasteiger charge is 2.64. The molecule has 1 fully saturated rings. The number of hydrogen-bond donors (Lipinski definition) is 1. The van der Waals surface area contributed by atoms with Crippen molar-refractivity contribution in [2.45, 2.75) is 19.5 Å². The molecule has 0 spiro atoms. The molecule has 1 aromatic heterocycles. The maximum absolute atomic E-state index is 13.3. The number of thiazole rings is 1. The fourth-order valence-corrected chi connectivity index (χ4v) is 3.93. The molecule has 1 atom stereocenters. The summed E-state index contributed by atoms with van der Waals surface area (Å²) in [6, 6.07) is 8.86. The summed E-state index contributed by atoms with van der Waals surface area (Å²) in [6.45, 7) is 0.542. The topological polar surface area (TPSA) is 70.5 Å². The molecule has 1 saturated heterocycles. The van der Waals surface area contributed by atoms with Crippen molar-refractivity contribution in [1.29, 1.82) is 0 Å². The Balaban J connectivity index is 1.94. The summed E-state index contributed by atoms with van der Waals surface area (Å²) < 4.78 is 40.0. The molecule has 1 aromatic carbocycles. The van der Waals surface area contributed by atoms with Crippen molar-refractivity contribution < 1.29 is 27.9 Å². The van der Waals surface area contributed by atoms with Gasteiger partial charge in [0, 0.05) is 18.7 Å². The average molecular weight is 384 g/mol. The third-order valence-corrected chi connectivity index (χ3v) is 5.44. The van der Waals surface area contributed by atoms with Crippen LogP contribution in [0.5, 0.6) is 0 Å². The summed E-state index contributed by atoms with van der Waals surface area (Å²) in [6.07, 6.45) is -5.59. The quantitative estimate of drug-likeness (QED) is 0.878. The Morgan fingerprint density at radius 2 is 1.92 bits per heavy atom. The first-order chi connectivity index (χ1) is 12.2. The third kappa shape index (κ3) is 2.96. The van der Waals surface area contributed by atoms with E-state index in [9.17, 15) is 22.8 Å². The zero-order valence-corrected chi connectivity index (χ0v) is 14.5. The van der Waals surface area contributed by atoms with E-state index in [4.69, 9.17) is 5.11 Å². The normalized spacial score (nSPS) is 20.4. The molecule has 9 heteroatoms. The lowest BCUT2D eigenvalue weighted by Crippen LogP contribution is -2.47. The zero-order valence-electron chi connectivity index (χ0n) is 13.7. The standard InChI is InChI=1S/C17H15F3N2O3S/c1-10-21-12(11-5-3-2-4-6-11)13(26-10)14(23)22-8-7-16(9-22,15(24)25)17(18,19)20/h2-6H,7-9H2,1H3,(H,24,25). The number of nitrogens with zero attached hydrogens (tertiary/aromatic N) is 2. The highest BCUT2D eigenvalue weighted by molar-refractivity contribution is 7.14. The Morgan fingerprint density at radius 3 is 2.46 bits per heavy atom. The molecular weight excluding hydrogens is 369 g/mol. The summed E-state index contributed by atoms with van der Waals surface area (Å²) >= 11 is 1.09. The molecule has 2 heterocycles. The second-order valence-electron chi connectivity index (χ2n) is 6.14. The maximum Gasteiger partial charge on any atom is 0.406 e. The van der Waals surface area contributed by atoms with Crippen LogP contribution in [0.15, 0.2) is 30.3 Å². The van der Waals surface area contributed by atoms with Crippen molar-refractivity contribution in [2.24, 2.45) is 5.41 Å². The van der Waals surface area contributed by atoms with Crippen LogP contribution in [0.4, 0.5) is 13.2 Å². The van der Waals surface area contributed by atoms with E-state index in [2.05, 4.69) is 4.98 Å². The molecule has 1 N–H and O–H groups in total. The van der Waals surface area contributed by atoms with Crippen molar-refractivity contribution in [3.8, 4) is 11.3 Å². The minimum atomic E-state index is -4.93. The fourth-order valence-electron chi connectivity index (χ4n) is 3.02. The van der Waals surface area contributed by atoms with E-state index >= 15 is 0 Å². The van der Waals surface area contributed by atoms with Crippen LogP contribution in [0, 0.1) is 12.3 Å². The van der Waals surface area contributed by atoms with Crippen LogP contribution in [0.2, 0.25) is 0 Å². The third-order valence-electron chi connectivity index (χ3n) is 4.48. The van der Waals surface area contributed by atoms with Crippen LogP contribution in [-0.4, -0.2) is 46.1 Å². The number of likely N-dealkylation sites (tertiary alicyclic amines) is 1. The van der Waals surface area contributed by atoms with Crippen molar-refractivity contribution in [3.05, 3.63) is 40.2 Å². The number of carbonyl (C=O) groups excluding carboxylic acids is 1. The lowest BCUT2D eigenvalue weighted by atomic mass is 9.86. The Kier molecular flexibility index (Phi) is 4.51. The van der Waals surface area contributed by atoms with Gasteiger partial charge in [-0.15, -0.1) is 11.3 Å². The predicted molar refractivity (Wildman–Crippen MR) is 88.9 cm³/mol. The summed E-state index contributed by atoms with van der Waals surface area (Å²) in [7, 11) is 0. The molecule has 3 rings (SSSR count). The summed E-state index contributed by atoms with van der Waals surface area (Å²) in [4.78, 5) is 29.6. The van der Waals surface area contributed by atoms with Gasteiger partial charge >= 0.3 is 12.1 Å². The first-order valence-corrected chi connectivity index (χ1v) is 8.59. The van der Waals surface area contributed by atoms with Gasteiger partial charge in [0.05, 0.1) is 10.7 Å². The molecule has 0 bridgehead atoms. The summed E-state index contributed by atoms with van der Waals surface area (Å²) in [5.41, 5.74) is -1.84. The number of benzene rings is 1. The smallest absolute Gasteiger partial charge is 0.406 e. The van der Waals surface area contributed by atoms with Gasteiger partial charge in [-0.3, -0.25) is 9.59 Å². The molecule has 0 radical (unpaired) electrons. The number of aliphatic carboxylic acids is 1. The van der Waals surface area contributed by atoms with Crippen LogP contribution < -0.4 is 0 Å². The Hall–Kier alpha value is -2.42. The predicted octanol–water partition coefficient (Wildman–Crippen LogP) is 3.60. The van der Waals surface area contributed by atoms with Gasteiger partial charge in [0.2, 0.25) is 0 Å². The van der Waals surface area contributed by atoms with E-state index in [1.54, 1.807) is 37.3 Å². The molecule has 1 aliphatic heterocycles. The number of carboxylic acid groups (broad SMARTS) is 1. The van der Waals surface area contributed by atoms with Gasteiger partial charge in [0.15, 0.2) is 5.41 Å². The Bertz CT molecular complexity index is 851. The molecule has 1 aliphatic rings. The number of carbonyl (C=O) groups is 2. The van der Waals surface area contributed by atoms with E-state index in [0.717, 1.165) is 16.2 Å². The first-order valence-electron chi connectivity index (χ1n) is 7.78. The number of aryl methyl sites for hydroxylation is 1. The lowest BCUT2D eigenvalue weighted by Gasteiger charge is -2.27. The fraction of sp³-hybridized carbons (Fsp3) is 0.353. The molecule has 1 unspecified atom stereocenters. The first kappa shape index (κ1) is 18.4. The Labute approximate surface area is 151 Å². The van der Waals surface area contributed by atoms with Crippen molar-refractivity contribution in [1.82, 2.24) is 9.88 Å². The molecule has 0 aliphatic carbocycles.